The number of hydrogen-bond donors (Lipinski definition) is 1. The highest BCUT2D eigenvalue weighted by molar-refractivity contribution is 9.10. The monoisotopic (exact) mass is 524 g/mol. The van der Waals surface area contributed by atoms with Gasteiger partial charge in [-0.1, -0.05) is 15.9 Å². The number of halogens is 1. The number of aryl methyl sites for hydroxylation is 3. The minimum atomic E-state index is -0.416. The van der Waals surface area contributed by atoms with Gasteiger partial charge in [-0.05, 0) is 92.6 Å². The summed E-state index contributed by atoms with van der Waals surface area (Å²) in [6.45, 7) is 7.93. The molecule has 0 radical (unpaired) electrons. The van der Waals surface area contributed by atoms with Crippen LogP contribution < -0.4 is 5.32 Å². The number of nitro groups is 1. The number of thioether (sulfide) groups is 1. The Morgan fingerprint density at radius 3 is 2.33 bits per heavy atom. The number of nitrogens with zero attached hydrogens (tertiary/aromatic N) is 3. The van der Waals surface area contributed by atoms with E-state index in [-0.39, 0.29) is 11.6 Å². The van der Waals surface area contributed by atoms with Crippen LogP contribution in [0.3, 0.4) is 0 Å². The highest BCUT2D eigenvalue weighted by Crippen LogP contribution is 2.32. The van der Waals surface area contributed by atoms with Gasteiger partial charge in [0.15, 0.2) is 5.17 Å². The maximum Gasteiger partial charge on any atom is 0.269 e. The summed E-state index contributed by atoms with van der Waals surface area (Å²) in [7, 11) is 0. The molecular weight excluding hydrogens is 504 g/mol. The normalized spacial score (nSPS) is 16.0. The molecule has 33 heavy (non-hydrogen) atoms. The van der Waals surface area contributed by atoms with E-state index in [4.69, 9.17) is 0 Å². The first kappa shape index (κ1) is 23.0. The number of aromatic nitrogens is 1. The van der Waals surface area contributed by atoms with E-state index in [0.717, 1.165) is 43.9 Å². The second-order valence-electron chi connectivity index (χ2n) is 7.81. The Labute approximate surface area is 203 Å². The van der Waals surface area contributed by atoms with Crippen molar-refractivity contribution in [3.63, 3.8) is 0 Å². The van der Waals surface area contributed by atoms with Crippen LogP contribution in [0.25, 0.3) is 11.8 Å². The molecule has 0 bridgehead atoms. The summed E-state index contributed by atoms with van der Waals surface area (Å²) in [4.78, 5) is 28.3. The molecule has 2 heterocycles. The van der Waals surface area contributed by atoms with Crippen LogP contribution in [0.4, 0.5) is 11.4 Å². The molecule has 1 aromatic heterocycles. The van der Waals surface area contributed by atoms with Crippen molar-refractivity contribution in [2.45, 2.75) is 27.7 Å². The fourth-order valence-electron chi connectivity index (χ4n) is 3.78. The minimum absolute atomic E-state index is 0.0468. The number of aliphatic imine (C=N–C) groups is 1. The molecule has 3 aromatic rings. The number of amidine groups is 1. The van der Waals surface area contributed by atoms with Crippen LogP contribution in [-0.4, -0.2) is 20.6 Å². The summed E-state index contributed by atoms with van der Waals surface area (Å²) < 4.78 is 3.06. The number of benzene rings is 2. The van der Waals surface area contributed by atoms with E-state index in [9.17, 15) is 14.9 Å². The standard InChI is InChI=1S/C24H21BrN4O3S/c1-13-9-18(10-14(2)22(13)25)26-24-27-23(30)21(33-24)12-17-11-15(3)28(16(17)4)19-5-7-20(8-6-19)29(31)32/h5-12H,1-4H3,(H,26,27,30)/b21-12+. The number of amides is 1. The van der Waals surface area contributed by atoms with E-state index in [1.165, 1.54) is 23.9 Å². The van der Waals surface area contributed by atoms with Gasteiger partial charge in [-0.15, -0.1) is 0 Å². The molecule has 1 saturated heterocycles. The zero-order chi connectivity index (χ0) is 23.9. The number of hydrogen-bond acceptors (Lipinski definition) is 5. The van der Waals surface area contributed by atoms with Crippen LogP contribution in [-0.2, 0) is 4.79 Å². The van der Waals surface area contributed by atoms with Gasteiger partial charge in [0, 0.05) is 33.7 Å². The van der Waals surface area contributed by atoms with Gasteiger partial charge in [-0.2, -0.15) is 0 Å². The Morgan fingerprint density at radius 1 is 1.09 bits per heavy atom. The summed E-state index contributed by atoms with van der Waals surface area (Å²) in [5.74, 6) is -0.190. The van der Waals surface area contributed by atoms with E-state index in [2.05, 4.69) is 26.2 Å². The van der Waals surface area contributed by atoms with Crippen molar-refractivity contribution < 1.29 is 9.72 Å². The zero-order valence-corrected chi connectivity index (χ0v) is 20.9. The van der Waals surface area contributed by atoms with Gasteiger partial charge in [-0.25, -0.2) is 4.99 Å². The van der Waals surface area contributed by atoms with E-state index in [1.807, 2.05) is 56.5 Å². The van der Waals surface area contributed by atoms with Crippen molar-refractivity contribution in [2.75, 3.05) is 0 Å². The molecule has 9 heteroatoms. The molecule has 0 atom stereocenters. The van der Waals surface area contributed by atoms with Crippen molar-refractivity contribution >= 4 is 56.2 Å². The Morgan fingerprint density at radius 2 is 1.73 bits per heavy atom. The van der Waals surface area contributed by atoms with Crippen molar-refractivity contribution in [3.05, 3.63) is 90.0 Å². The van der Waals surface area contributed by atoms with Crippen molar-refractivity contribution in [3.8, 4) is 5.69 Å². The molecule has 0 unspecified atom stereocenters. The summed E-state index contributed by atoms with van der Waals surface area (Å²) in [5, 5.41) is 14.3. The fourth-order valence-corrected chi connectivity index (χ4v) is 4.84. The van der Waals surface area contributed by atoms with E-state index in [1.54, 1.807) is 12.1 Å². The number of non-ortho nitro benzene ring substituents is 1. The van der Waals surface area contributed by atoms with Crippen LogP contribution in [0.5, 0.6) is 0 Å². The fraction of sp³-hybridized carbons (Fsp3) is 0.167. The van der Waals surface area contributed by atoms with Gasteiger partial charge < -0.3 is 9.88 Å². The third kappa shape index (κ3) is 4.65. The first-order valence-electron chi connectivity index (χ1n) is 10.1. The molecule has 1 amide bonds. The Balaban J connectivity index is 1.63. The molecule has 1 aliphatic heterocycles. The molecule has 4 rings (SSSR count). The van der Waals surface area contributed by atoms with Gasteiger partial charge >= 0.3 is 0 Å². The highest BCUT2D eigenvalue weighted by Gasteiger charge is 2.25. The smallest absolute Gasteiger partial charge is 0.269 e. The predicted molar refractivity (Wildman–Crippen MR) is 136 cm³/mol. The molecule has 7 nitrogen and oxygen atoms in total. The van der Waals surface area contributed by atoms with E-state index in [0.29, 0.717) is 10.1 Å². The van der Waals surface area contributed by atoms with E-state index < -0.39 is 4.92 Å². The van der Waals surface area contributed by atoms with Crippen LogP contribution in [0.2, 0.25) is 0 Å². The molecule has 168 valence electrons. The van der Waals surface area contributed by atoms with Crippen molar-refractivity contribution in [1.82, 2.24) is 9.88 Å². The first-order valence-corrected chi connectivity index (χ1v) is 11.7. The molecule has 1 aliphatic rings. The van der Waals surface area contributed by atoms with Crippen LogP contribution in [0, 0.1) is 37.8 Å². The van der Waals surface area contributed by atoms with E-state index >= 15 is 0 Å². The lowest BCUT2D eigenvalue weighted by molar-refractivity contribution is -0.384. The molecule has 0 saturated carbocycles. The van der Waals surface area contributed by atoms with Crippen LogP contribution >= 0.6 is 27.7 Å². The maximum absolute atomic E-state index is 12.6. The van der Waals surface area contributed by atoms with Gasteiger partial charge in [0.1, 0.15) is 0 Å². The summed E-state index contributed by atoms with van der Waals surface area (Å²) in [5.41, 5.74) is 6.63. The SMILES string of the molecule is Cc1cc(N=C2NC(=O)/C(=C\c3cc(C)n(-c4ccc([N+](=O)[O-])cc4)c3C)S2)cc(C)c1Br. The van der Waals surface area contributed by atoms with Gasteiger partial charge in [0.25, 0.3) is 11.6 Å². The average Bonchev–Trinajstić information content (AvgIpc) is 3.24. The van der Waals surface area contributed by atoms with Crippen molar-refractivity contribution in [2.24, 2.45) is 4.99 Å². The molecule has 0 spiro atoms. The van der Waals surface area contributed by atoms with Crippen LogP contribution in [0.1, 0.15) is 28.1 Å². The Hall–Kier alpha value is -3.17. The van der Waals surface area contributed by atoms with Gasteiger partial charge in [0.2, 0.25) is 0 Å². The number of rotatable bonds is 4. The summed E-state index contributed by atoms with van der Waals surface area (Å²) >= 11 is 4.86. The summed E-state index contributed by atoms with van der Waals surface area (Å²) in [6, 6.07) is 12.3. The average molecular weight is 525 g/mol. The lowest BCUT2D eigenvalue weighted by atomic mass is 10.1. The first-order chi connectivity index (χ1) is 15.6. The highest BCUT2D eigenvalue weighted by atomic mass is 79.9. The molecule has 1 N–H and O–H groups in total. The number of carbonyl (C=O) groups excluding carboxylic acids is 1. The number of carbonyl (C=O) groups is 1. The molecule has 0 aliphatic carbocycles. The topological polar surface area (TPSA) is 89.5 Å². The molecule has 2 aromatic carbocycles. The maximum atomic E-state index is 12.6. The minimum Gasteiger partial charge on any atom is -0.318 e. The predicted octanol–water partition coefficient (Wildman–Crippen LogP) is 6.27. The number of nitrogens with one attached hydrogen (secondary N) is 1. The quantitative estimate of drug-likeness (QED) is 0.247. The van der Waals surface area contributed by atoms with Gasteiger partial charge in [0.05, 0.1) is 15.5 Å². The molecule has 1 fully saturated rings. The van der Waals surface area contributed by atoms with Crippen LogP contribution in [0.15, 0.2) is 56.8 Å². The molecular formula is C24H21BrN4O3S. The Kier molecular flexibility index (Phi) is 6.27. The lowest BCUT2D eigenvalue weighted by Crippen LogP contribution is -2.19. The summed E-state index contributed by atoms with van der Waals surface area (Å²) in [6.07, 6.45) is 1.85. The second kappa shape index (κ2) is 8.99. The third-order valence-electron chi connectivity index (χ3n) is 5.38. The number of nitro benzene ring substituents is 1. The second-order valence-corrected chi connectivity index (χ2v) is 9.63. The van der Waals surface area contributed by atoms with Crippen molar-refractivity contribution in [1.29, 1.82) is 0 Å². The zero-order valence-electron chi connectivity index (χ0n) is 18.5. The largest absolute Gasteiger partial charge is 0.318 e. The van der Waals surface area contributed by atoms with Gasteiger partial charge in [-0.3, -0.25) is 14.9 Å². The third-order valence-corrected chi connectivity index (χ3v) is 7.54. The Bertz CT molecular complexity index is 1330. The lowest BCUT2D eigenvalue weighted by Gasteiger charge is -2.09.